The van der Waals surface area contributed by atoms with Gasteiger partial charge in [-0.2, -0.15) is 0 Å². The molecule has 0 aliphatic heterocycles. The fourth-order valence-electron chi connectivity index (χ4n) is 3.18. The maximum atomic E-state index is 12.8. The first-order valence-electron chi connectivity index (χ1n) is 9.41. The number of phenolic OH excluding ortho intramolecular Hbond substituents is 1. The van der Waals surface area contributed by atoms with Crippen molar-refractivity contribution in [1.29, 1.82) is 0 Å². The van der Waals surface area contributed by atoms with Crippen molar-refractivity contribution in [2.75, 3.05) is 19.0 Å². The Bertz CT molecular complexity index is 997. The molecule has 150 valence electrons. The third-order valence-corrected chi connectivity index (χ3v) is 5.60. The molecule has 3 rings (SSSR count). The van der Waals surface area contributed by atoms with E-state index in [0.717, 1.165) is 51.9 Å². The number of aromatic nitrogens is 2. The molecule has 1 aromatic heterocycles. The van der Waals surface area contributed by atoms with Gasteiger partial charge in [0.1, 0.15) is 12.1 Å². The maximum absolute atomic E-state index is 12.8. The molecule has 6 heteroatoms. The summed E-state index contributed by atoms with van der Waals surface area (Å²) in [6.07, 6.45) is 6.38. The third kappa shape index (κ3) is 5.35. The van der Waals surface area contributed by atoms with Gasteiger partial charge in [-0.25, -0.2) is 9.97 Å². The van der Waals surface area contributed by atoms with E-state index in [9.17, 15) is 9.90 Å². The third-order valence-electron chi connectivity index (χ3n) is 4.73. The summed E-state index contributed by atoms with van der Waals surface area (Å²) in [7, 11) is 3.94. The lowest BCUT2D eigenvalue weighted by Gasteiger charge is -2.16. The molecular weight excluding hydrogens is 382 g/mol. The van der Waals surface area contributed by atoms with Gasteiger partial charge in [0.15, 0.2) is 0 Å². The van der Waals surface area contributed by atoms with Gasteiger partial charge in [-0.05, 0) is 78.9 Å². The van der Waals surface area contributed by atoms with E-state index in [1.54, 1.807) is 12.4 Å². The second-order valence-corrected chi connectivity index (χ2v) is 8.37. The van der Waals surface area contributed by atoms with Crippen LogP contribution in [0.15, 0.2) is 53.9 Å². The van der Waals surface area contributed by atoms with E-state index in [1.165, 1.54) is 11.9 Å². The van der Waals surface area contributed by atoms with Crippen LogP contribution in [0.4, 0.5) is 5.69 Å². The number of benzene rings is 2. The van der Waals surface area contributed by atoms with Crippen LogP contribution in [0, 0.1) is 13.8 Å². The summed E-state index contributed by atoms with van der Waals surface area (Å²) in [5, 5.41) is 9.95. The Hall–Kier alpha value is -2.86. The first-order valence-corrected chi connectivity index (χ1v) is 10.2. The number of rotatable bonds is 6. The Morgan fingerprint density at radius 2 is 1.55 bits per heavy atom. The van der Waals surface area contributed by atoms with Gasteiger partial charge in [0.25, 0.3) is 0 Å². The number of aryl methyl sites for hydroxylation is 4. The smallest absolute Gasteiger partial charge is 0.224 e. The average Bonchev–Trinajstić information content (AvgIpc) is 2.70. The minimum absolute atomic E-state index is 0.0268. The summed E-state index contributed by atoms with van der Waals surface area (Å²) in [4.78, 5) is 23.5. The number of aromatic hydroxyl groups is 1. The zero-order chi connectivity index (χ0) is 21.0. The molecular formula is C23H25N3O2S. The average molecular weight is 408 g/mol. The van der Waals surface area contributed by atoms with Crippen molar-refractivity contribution in [1.82, 2.24) is 9.97 Å². The number of thioether (sulfide) groups is 1. The van der Waals surface area contributed by atoms with Crippen LogP contribution in [0.3, 0.4) is 0 Å². The van der Waals surface area contributed by atoms with Crippen LogP contribution in [-0.4, -0.2) is 34.3 Å². The van der Waals surface area contributed by atoms with Crippen LogP contribution in [-0.2, 0) is 12.8 Å². The molecule has 0 fully saturated rings. The molecule has 2 aromatic carbocycles. The number of anilines is 1. The Labute approximate surface area is 175 Å². The lowest BCUT2D eigenvalue weighted by atomic mass is 9.98. The Kier molecular flexibility index (Phi) is 6.54. The van der Waals surface area contributed by atoms with E-state index in [-0.39, 0.29) is 5.12 Å². The van der Waals surface area contributed by atoms with Crippen molar-refractivity contribution < 1.29 is 9.90 Å². The van der Waals surface area contributed by atoms with Gasteiger partial charge in [0.2, 0.25) is 5.12 Å². The SMILES string of the molecule is Cc1cc(CCc2cc(C(=O)Sc3cncnc3)cc(N(C)C)c2)cc(C)c1O. The number of carbonyl (C=O) groups is 1. The highest BCUT2D eigenvalue weighted by molar-refractivity contribution is 8.14. The van der Waals surface area contributed by atoms with Crippen LogP contribution in [0.2, 0.25) is 0 Å². The lowest BCUT2D eigenvalue weighted by molar-refractivity contribution is 0.108. The van der Waals surface area contributed by atoms with Crippen LogP contribution in [0.1, 0.15) is 32.6 Å². The Balaban J connectivity index is 1.82. The molecule has 0 atom stereocenters. The molecule has 0 aliphatic carbocycles. The van der Waals surface area contributed by atoms with Crippen LogP contribution >= 0.6 is 11.8 Å². The van der Waals surface area contributed by atoms with Gasteiger partial charge in [0.05, 0.1) is 4.90 Å². The predicted molar refractivity (Wildman–Crippen MR) is 118 cm³/mol. The molecule has 29 heavy (non-hydrogen) atoms. The molecule has 0 aliphatic rings. The van der Waals surface area contributed by atoms with E-state index in [2.05, 4.69) is 16.0 Å². The van der Waals surface area contributed by atoms with Crippen molar-refractivity contribution in [3.63, 3.8) is 0 Å². The van der Waals surface area contributed by atoms with Crippen LogP contribution in [0.5, 0.6) is 5.75 Å². The number of nitrogens with zero attached hydrogens (tertiary/aromatic N) is 3. The molecule has 0 saturated carbocycles. The van der Waals surface area contributed by atoms with Crippen molar-refractivity contribution in [2.24, 2.45) is 0 Å². The first kappa shape index (κ1) is 20.9. The van der Waals surface area contributed by atoms with Crippen molar-refractivity contribution >= 4 is 22.6 Å². The maximum Gasteiger partial charge on any atom is 0.224 e. The highest BCUT2D eigenvalue weighted by atomic mass is 32.2. The summed E-state index contributed by atoms with van der Waals surface area (Å²) in [5.74, 6) is 0.359. The molecule has 0 saturated heterocycles. The van der Waals surface area contributed by atoms with E-state index < -0.39 is 0 Å². The zero-order valence-corrected chi connectivity index (χ0v) is 18.0. The van der Waals surface area contributed by atoms with Crippen molar-refractivity contribution in [3.05, 3.63) is 76.9 Å². The Morgan fingerprint density at radius 3 is 2.14 bits per heavy atom. The fraction of sp³-hybridized carbons (Fsp3) is 0.261. The molecule has 0 spiro atoms. The van der Waals surface area contributed by atoms with Crippen molar-refractivity contribution in [3.8, 4) is 5.75 Å². The van der Waals surface area contributed by atoms with Gasteiger partial charge < -0.3 is 10.0 Å². The standard InChI is InChI=1S/C23H25N3O2S/c1-15-7-17(8-16(2)22(15)27)5-6-18-9-19(11-20(10-18)26(3)4)23(28)29-21-12-24-14-25-13-21/h7-14,27H,5-6H2,1-4H3. The summed E-state index contributed by atoms with van der Waals surface area (Å²) >= 11 is 1.14. The second-order valence-electron chi connectivity index (χ2n) is 7.32. The second kappa shape index (κ2) is 9.09. The van der Waals surface area contributed by atoms with Crippen LogP contribution in [0.25, 0.3) is 0 Å². The number of hydrogen-bond donors (Lipinski definition) is 1. The predicted octanol–water partition coefficient (Wildman–Crippen LogP) is 4.58. The first-order chi connectivity index (χ1) is 13.8. The van der Waals surface area contributed by atoms with Gasteiger partial charge in [-0.1, -0.05) is 12.1 Å². The van der Waals surface area contributed by atoms with E-state index in [1.807, 2.05) is 57.1 Å². The van der Waals surface area contributed by atoms with Gasteiger partial charge >= 0.3 is 0 Å². The van der Waals surface area contributed by atoms with E-state index >= 15 is 0 Å². The Morgan fingerprint density at radius 1 is 0.966 bits per heavy atom. The fourth-order valence-corrected chi connectivity index (χ4v) is 3.85. The minimum Gasteiger partial charge on any atom is -0.507 e. The highest BCUT2D eigenvalue weighted by Gasteiger charge is 2.13. The summed E-state index contributed by atoms with van der Waals surface area (Å²) < 4.78 is 0. The molecule has 0 amide bonds. The van der Waals surface area contributed by atoms with E-state index in [0.29, 0.717) is 11.3 Å². The molecule has 5 nitrogen and oxygen atoms in total. The molecule has 1 N–H and O–H groups in total. The zero-order valence-electron chi connectivity index (χ0n) is 17.1. The van der Waals surface area contributed by atoms with Crippen LogP contribution < -0.4 is 4.90 Å². The minimum atomic E-state index is -0.0268. The lowest BCUT2D eigenvalue weighted by Crippen LogP contribution is -2.10. The summed E-state index contributed by atoms with van der Waals surface area (Å²) in [5.41, 5.74) is 5.72. The monoisotopic (exact) mass is 407 g/mol. The van der Waals surface area contributed by atoms with Gasteiger partial charge in [0, 0.05) is 37.7 Å². The normalized spacial score (nSPS) is 10.8. The summed E-state index contributed by atoms with van der Waals surface area (Å²) in [6, 6.07) is 10.0. The molecule has 0 unspecified atom stereocenters. The molecule has 3 aromatic rings. The number of phenols is 1. The number of carbonyl (C=O) groups excluding carboxylic acids is 1. The summed E-state index contributed by atoms with van der Waals surface area (Å²) in [6.45, 7) is 3.83. The molecule has 0 radical (unpaired) electrons. The quantitative estimate of drug-likeness (QED) is 0.603. The molecule has 0 bridgehead atoms. The number of hydrogen-bond acceptors (Lipinski definition) is 6. The highest BCUT2D eigenvalue weighted by Crippen LogP contribution is 2.27. The van der Waals surface area contributed by atoms with Gasteiger partial charge in [-0.15, -0.1) is 0 Å². The topological polar surface area (TPSA) is 66.3 Å². The van der Waals surface area contributed by atoms with E-state index in [4.69, 9.17) is 0 Å². The molecule has 1 heterocycles. The van der Waals surface area contributed by atoms with Gasteiger partial charge in [-0.3, -0.25) is 4.79 Å². The van der Waals surface area contributed by atoms with Crippen molar-refractivity contribution in [2.45, 2.75) is 31.6 Å². The largest absolute Gasteiger partial charge is 0.507 e.